The third kappa shape index (κ3) is 2.16. The van der Waals surface area contributed by atoms with Crippen LogP contribution in [0.4, 0.5) is 5.13 Å². The lowest BCUT2D eigenvalue weighted by Gasteiger charge is -1.91. The van der Waals surface area contributed by atoms with Gasteiger partial charge in [-0.2, -0.15) is 0 Å². The summed E-state index contributed by atoms with van der Waals surface area (Å²) in [6.07, 6.45) is 0. The first kappa shape index (κ1) is 9.74. The van der Waals surface area contributed by atoms with Gasteiger partial charge in [-0.05, 0) is 16.1 Å². The molecule has 0 fully saturated rings. The first-order valence-electron chi connectivity index (χ1n) is 4.08. The highest BCUT2D eigenvalue weighted by atomic mass is 127. The Morgan fingerprint density at radius 1 is 1.43 bits per heavy atom. The van der Waals surface area contributed by atoms with Crippen molar-refractivity contribution in [1.82, 2.24) is 4.98 Å². The van der Waals surface area contributed by atoms with Crippen LogP contribution in [0.15, 0.2) is 24.3 Å². The standard InChI is InChI=1S/C10H7IN2S/c11-6-3-7-12-10-13-8-4-1-2-5-9(8)14-10/h1-2,4-5H,7H2,(H,12,13). The molecule has 14 heavy (non-hydrogen) atoms. The van der Waals surface area contributed by atoms with Crippen LogP contribution in [0.2, 0.25) is 0 Å². The zero-order valence-electron chi connectivity index (χ0n) is 7.25. The Morgan fingerprint density at radius 2 is 2.29 bits per heavy atom. The molecule has 2 nitrogen and oxygen atoms in total. The largest absolute Gasteiger partial charge is 0.351 e. The van der Waals surface area contributed by atoms with Gasteiger partial charge in [0.1, 0.15) is 0 Å². The molecule has 0 aliphatic heterocycles. The predicted molar refractivity (Wildman–Crippen MR) is 69.9 cm³/mol. The Bertz CT molecular complexity index is 462. The average Bonchev–Trinajstić information content (AvgIpc) is 2.60. The maximum atomic E-state index is 4.42. The van der Waals surface area contributed by atoms with E-state index in [1.807, 2.05) is 40.8 Å². The van der Waals surface area contributed by atoms with E-state index in [4.69, 9.17) is 0 Å². The van der Waals surface area contributed by atoms with Crippen LogP contribution in [-0.4, -0.2) is 11.5 Å². The number of rotatable bonds is 2. The number of anilines is 1. The highest BCUT2D eigenvalue weighted by molar-refractivity contribution is 14.1. The van der Waals surface area contributed by atoms with Crippen LogP contribution in [0.1, 0.15) is 0 Å². The van der Waals surface area contributed by atoms with Gasteiger partial charge in [-0.3, -0.25) is 0 Å². The van der Waals surface area contributed by atoms with Crippen molar-refractivity contribution < 1.29 is 0 Å². The Hall–Kier alpha value is -0.800. The smallest absolute Gasteiger partial charge is 0.184 e. The molecule has 0 aliphatic rings. The fourth-order valence-electron chi connectivity index (χ4n) is 1.10. The molecule has 0 amide bonds. The van der Waals surface area contributed by atoms with Gasteiger partial charge in [-0.25, -0.2) is 4.98 Å². The molecule has 0 saturated carbocycles. The fraction of sp³-hybridized carbons (Fsp3) is 0.100. The zero-order chi connectivity index (χ0) is 9.80. The van der Waals surface area contributed by atoms with E-state index in [0.717, 1.165) is 10.6 Å². The van der Waals surface area contributed by atoms with E-state index in [1.54, 1.807) is 11.3 Å². The summed E-state index contributed by atoms with van der Waals surface area (Å²) in [6.45, 7) is 0.656. The third-order valence-electron chi connectivity index (χ3n) is 1.69. The molecule has 2 aromatic rings. The zero-order valence-corrected chi connectivity index (χ0v) is 10.2. The molecule has 0 radical (unpaired) electrons. The number of fused-ring (bicyclic) bond motifs is 1. The molecule has 0 unspecified atom stereocenters. The van der Waals surface area contributed by atoms with Gasteiger partial charge in [-0.15, -0.1) is 0 Å². The number of halogens is 1. The van der Waals surface area contributed by atoms with E-state index in [2.05, 4.69) is 26.2 Å². The number of nitrogens with zero attached hydrogens (tertiary/aromatic N) is 1. The van der Waals surface area contributed by atoms with Crippen LogP contribution in [0.5, 0.6) is 0 Å². The van der Waals surface area contributed by atoms with E-state index in [-0.39, 0.29) is 0 Å². The average molecular weight is 314 g/mol. The second-order valence-electron chi connectivity index (χ2n) is 2.61. The van der Waals surface area contributed by atoms with Gasteiger partial charge in [0.05, 0.1) is 16.8 Å². The summed E-state index contributed by atoms with van der Waals surface area (Å²) in [7, 11) is 0. The van der Waals surface area contributed by atoms with Gasteiger partial charge in [0.25, 0.3) is 0 Å². The lowest BCUT2D eigenvalue weighted by atomic mass is 10.3. The summed E-state index contributed by atoms with van der Waals surface area (Å²) in [5.41, 5.74) is 1.04. The molecule has 1 N–H and O–H groups in total. The number of thiazole rings is 1. The van der Waals surface area contributed by atoms with Crippen LogP contribution < -0.4 is 5.32 Å². The fourth-order valence-corrected chi connectivity index (χ4v) is 2.15. The minimum Gasteiger partial charge on any atom is -0.351 e. The molecule has 0 bridgehead atoms. The highest BCUT2D eigenvalue weighted by Gasteiger charge is 2.00. The van der Waals surface area contributed by atoms with Gasteiger partial charge in [0.15, 0.2) is 5.13 Å². The molecule has 4 heteroatoms. The topological polar surface area (TPSA) is 24.9 Å². The molecule has 2 rings (SSSR count). The van der Waals surface area contributed by atoms with E-state index in [1.165, 1.54) is 4.70 Å². The first-order valence-corrected chi connectivity index (χ1v) is 5.97. The van der Waals surface area contributed by atoms with Gasteiger partial charge in [0, 0.05) is 22.6 Å². The minimum atomic E-state index is 0.656. The molecule has 0 spiro atoms. The molecular weight excluding hydrogens is 307 g/mol. The molecule has 0 aliphatic carbocycles. The van der Waals surface area contributed by atoms with Gasteiger partial charge < -0.3 is 5.32 Å². The summed E-state index contributed by atoms with van der Waals surface area (Å²) in [4.78, 5) is 4.42. The Balaban J connectivity index is 2.21. The first-order chi connectivity index (χ1) is 6.90. The SMILES string of the molecule is IC#CCNc1nc2ccccc2s1. The van der Waals surface area contributed by atoms with Crippen molar-refractivity contribution in [3.63, 3.8) is 0 Å². The van der Waals surface area contributed by atoms with Crippen molar-refractivity contribution in [3.8, 4) is 9.85 Å². The molecule has 70 valence electrons. The lowest BCUT2D eigenvalue weighted by Crippen LogP contribution is -1.96. The monoisotopic (exact) mass is 314 g/mol. The van der Waals surface area contributed by atoms with E-state index < -0.39 is 0 Å². The van der Waals surface area contributed by atoms with E-state index in [0.29, 0.717) is 6.54 Å². The van der Waals surface area contributed by atoms with Crippen LogP contribution in [0, 0.1) is 9.85 Å². The highest BCUT2D eigenvalue weighted by Crippen LogP contribution is 2.24. The number of hydrogen-bond donors (Lipinski definition) is 1. The molecule has 1 aromatic carbocycles. The van der Waals surface area contributed by atoms with Crippen LogP contribution in [0.25, 0.3) is 10.2 Å². The summed E-state index contributed by atoms with van der Waals surface area (Å²) >= 11 is 3.68. The molecule has 1 aromatic heterocycles. The summed E-state index contributed by atoms with van der Waals surface area (Å²) in [5, 5.41) is 4.10. The lowest BCUT2D eigenvalue weighted by molar-refractivity contribution is 1.34. The quantitative estimate of drug-likeness (QED) is 0.680. The van der Waals surface area contributed by atoms with Crippen LogP contribution in [0.3, 0.4) is 0 Å². The summed E-state index contributed by atoms with van der Waals surface area (Å²) < 4.78 is 4.01. The van der Waals surface area contributed by atoms with Crippen molar-refractivity contribution in [2.24, 2.45) is 0 Å². The summed E-state index contributed by atoms with van der Waals surface area (Å²) in [5.74, 6) is 2.93. The van der Waals surface area contributed by atoms with Gasteiger partial charge in [-0.1, -0.05) is 29.4 Å². The number of benzene rings is 1. The van der Waals surface area contributed by atoms with Gasteiger partial charge in [0.2, 0.25) is 0 Å². The number of aromatic nitrogens is 1. The number of para-hydroxylation sites is 1. The Labute approximate surface area is 99.9 Å². The van der Waals surface area contributed by atoms with Crippen LogP contribution >= 0.6 is 33.9 Å². The molecule has 1 heterocycles. The Morgan fingerprint density at radius 3 is 3.07 bits per heavy atom. The van der Waals surface area contributed by atoms with Crippen molar-refractivity contribution >= 4 is 49.3 Å². The van der Waals surface area contributed by atoms with E-state index in [9.17, 15) is 0 Å². The van der Waals surface area contributed by atoms with E-state index >= 15 is 0 Å². The van der Waals surface area contributed by atoms with Gasteiger partial charge >= 0.3 is 0 Å². The predicted octanol–water partition coefficient (Wildman–Crippen LogP) is 3.10. The number of nitrogens with one attached hydrogen (secondary N) is 1. The molecule has 0 saturated heterocycles. The maximum absolute atomic E-state index is 4.42. The maximum Gasteiger partial charge on any atom is 0.184 e. The van der Waals surface area contributed by atoms with Crippen molar-refractivity contribution in [2.45, 2.75) is 0 Å². The third-order valence-corrected chi connectivity index (χ3v) is 3.06. The molecule has 0 atom stereocenters. The second kappa shape index (κ2) is 4.62. The second-order valence-corrected chi connectivity index (χ2v) is 4.18. The normalized spacial score (nSPS) is 9.50. The minimum absolute atomic E-state index is 0.656. The van der Waals surface area contributed by atoms with Crippen LogP contribution in [-0.2, 0) is 0 Å². The Kier molecular flexibility index (Phi) is 3.22. The number of hydrogen-bond acceptors (Lipinski definition) is 3. The van der Waals surface area contributed by atoms with Crippen molar-refractivity contribution in [1.29, 1.82) is 0 Å². The van der Waals surface area contributed by atoms with Crippen molar-refractivity contribution in [3.05, 3.63) is 24.3 Å². The van der Waals surface area contributed by atoms with Crippen molar-refractivity contribution in [2.75, 3.05) is 11.9 Å². The summed E-state index contributed by atoms with van der Waals surface area (Å²) in [6, 6.07) is 8.11. The molecular formula is C10H7IN2S.